The van der Waals surface area contributed by atoms with Crippen LogP contribution in [0.2, 0.25) is 10.0 Å². The maximum atomic E-state index is 6.18. The summed E-state index contributed by atoms with van der Waals surface area (Å²) in [5.74, 6) is 0. The highest BCUT2D eigenvalue weighted by Crippen LogP contribution is 2.31. The van der Waals surface area contributed by atoms with Gasteiger partial charge in [0.25, 0.3) is 0 Å². The van der Waals surface area contributed by atoms with Crippen LogP contribution in [0.15, 0.2) is 18.2 Å². The maximum absolute atomic E-state index is 6.18. The van der Waals surface area contributed by atoms with Crippen molar-refractivity contribution in [2.75, 3.05) is 13.7 Å². The van der Waals surface area contributed by atoms with E-state index in [-0.39, 0.29) is 12.1 Å². The van der Waals surface area contributed by atoms with Gasteiger partial charge < -0.3 is 10.1 Å². The van der Waals surface area contributed by atoms with Gasteiger partial charge >= 0.3 is 0 Å². The van der Waals surface area contributed by atoms with Gasteiger partial charge in [-0.15, -0.1) is 0 Å². The number of rotatable bonds is 5. The highest BCUT2D eigenvalue weighted by Gasteiger charge is 2.21. The first kappa shape index (κ1) is 13.8. The third-order valence-electron chi connectivity index (χ3n) is 2.53. The van der Waals surface area contributed by atoms with E-state index in [2.05, 4.69) is 5.32 Å². The van der Waals surface area contributed by atoms with E-state index in [9.17, 15) is 0 Å². The molecule has 0 aliphatic heterocycles. The van der Waals surface area contributed by atoms with E-state index < -0.39 is 0 Å². The van der Waals surface area contributed by atoms with E-state index in [4.69, 9.17) is 27.9 Å². The zero-order valence-corrected chi connectivity index (χ0v) is 11.3. The molecular formula is C12H17Cl2NO. The predicted molar refractivity (Wildman–Crippen MR) is 69.4 cm³/mol. The van der Waals surface area contributed by atoms with E-state index in [0.29, 0.717) is 16.7 Å². The van der Waals surface area contributed by atoms with Crippen molar-refractivity contribution < 1.29 is 4.74 Å². The highest BCUT2D eigenvalue weighted by molar-refractivity contribution is 6.42. The molecule has 0 aliphatic carbocycles. The standard InChI is InChI=1S/C12H17Cl2NO/c1-4-16-8(2)12(15-3)9-6-5-7-10(13)11(9)14/h5-8,12,15H,4H2,1-3H3. The molecule has 0 aliphatic rings. The molecule has 0 amide bonds. The fourth-order valence-corrected chi connectivity index (χ4v) is 2.19. The summed E-state index contributed by atoms with van der Waals surface area (Å²) in [6.07, 6.45) is 0.0472. The molecule has 2 nitrogen and oxygen atoms in total. The van der Waals surface area contributed by atoms with Gasteiger partial charge in [0, 0.05) is 6.61 Å². The van der Waals surface area contributed by atoms with E-state index >= 15 is 0 Å². The van der Waals surface area contributed by atoms with Gasteiger partial charge in [0.1, 0.15) is 0 Å². The number of ether oxygens (including phenoxy) is 1. The van der Waals surface area contributed by atoms with Crippen molar-refractivity contribution >= 4 is 23.2 Å². The summed E-state index contributed by atoms with van der Waals surface area (Å²) < 4.78 is 5.58. The Balaban J connectivity index is 2.99. The Morgan fingerprint density at radius 2 is 2.06 bits per heavy atom. The summed E-state index contributed by atoms with van der Waals surface area (Å²) in [6.45, 7) is 4.67. The number of benzene rings is 1. The SMILES string of the molecule is CCOC(C)C(NC)c1cccc(Cl)c1Cl. The Morgan fingerprint density at radius 1 is 1.38 bits per heavy atom. The third-order valence-corrected chi connectivity index (χ3v) is 3.36. The number of hydrogen-bond donors (Lipinski definition) is 1. The van der Waals surface area contributed by atoms with E-state index in [1.54, 1.807) is 6.07 Å². The second kappa shape index (κ2) is 6.45. The minimum absolute atomic E-state index is 0.0472. The van der Waals surface area contributed by atoms with Gasteiger partial charge in [-0.1, -0.05) is 35.3 Å². The molecule has 0 aromatic heterocycles. The Hall–Kier alpha value is -0.280. The second-order valence-electron chi connectivity index (χ2n) is 3.57. The minimum Gasteiger partial charge on any atom is -0.377 e. The molecule has 1 N–H and O–H groups in total. The first-order chi connectivity index (χ1) is 7.61. The molecule has 16 heavy (non-hydrogen) atoms. The van der Waals surface area contributed by atoms with Crippen molar-refractivity contribution in [3.63, 3.8) is 0 Å². The lowest BCUT2D eigenvalue weighted by Gasteiger charge is -2.25. The molecule has 1 aromatic carbocycles. The molecule has 0 radical (unpaired) electrons. The minimum atomic E-state index is 0.0472. The number of likely N-dealkylation sites (N-methyl/N-ethyl adjacent to an activating group) is 1. The van der Waals surface area contributed by atoms with Crippen LogP contribution in [0.4, 0.5) is 0 Å². The van der Waals surface area contributed by atoms with Crippen LogP contribution in [0.25, 0.3) is 0 Å². The summed E-state index contributed by atoms with van der Waals surface area (Å²) in [5, 5.41) is 4.37. The topological polar surface area (TPSA) is 21.3 Å². The molecule has 2 atom stereocenters. The van der Waals surface area contributed by atoms with Crippen LogP contribution >= 0.6 is 23.2 Å². The Bertz CT molecular complexity index is 344. The predicted octanol–water partition coefficient (Wildman–Crippen LogP) is 3.68. The number of nitrogens with one attached hydrogen (secondary N) is 1. The average Bonchev–Trinajstić information content (AvgIpc) is 2.25. The van der Waals surface area contributed by atoms with Crippen molar-refractivity contribution in [2.24, 2.45) is 0 Å². The first-order valence-electron chi connectivity index (χ1n) is 5.34. The number of hydrogen-bond acceptors (Lipinski definition) is 2. The Labute approximate surface area is 107 Å². The lowest BCUT2D eigenvalue weighted by Crippen LogP contribution is -2.29. The summed E-state index contributed by atoms with van der Waals surface area (Å²) >= 11 is 12.2. The zero-order valence-electron chi connectivity index (χ0n) is 9.76. The van der Waals surface area contributed by atoms with Crippen molar-refractivity contribution in [3.05, 3.63) is 33.8 Å². The van der Waals surface area contributed by atoms with Crippen LogP contribution < -0.4 is 5.32 Å². The molecule has 0 bridgehead atoms. The highest BCUT2D eigenvalue weighted by atomic mass is 35.5. The van der Waals surface area contributed by atoms with Crippen molar-refractivity contribution in [1.82, 2.24) is 5.32 Å². The van der Waals surface area contributed by atoms with Gasteiger partial charge in [0.2, 0.25) is 0 Å². The quantitative estimate of drug-likeness (QED) is 0.874. The van der Waals surface area contributed by atoms with Crippen LogP contribution in [-0.4, -0.2) is 19.8 Å². The van der Waals surface area contributed by atoms with Crippen molar-refractivity contribution in [2.45, 2.75) is 26.0 Å². The van der Waals surface area contributed by atoms with Crippen LogP contribution in [-0.2, 0) is 4.74 Å². The maximum Gasteiger partial charge on any atom is 0.0741 e. The van der Waals surface area contributed by atoms with Gasteiger partial charge in [-0.2, -0.15) is 0 Å². The normalized spacial score (nSPS) is 14.8. The second-order valence-corrected chi connectivity index (χ2v) is 4.36. The summed E-state index contributed by atoms with van der Waals surface area (Å²) in [5.41, 5.74) is 0.970. The molecule has 1 rings (SSSR count). The summed E-state index contributed by atoms with van der Waals surface area (Å²) in [7, 11) is 1.89. The van der Waals surface area contributed by atoms with Crippen molar-refractivity contribution in [1.29, 1.82) is 0 Å². The van der Waals surface area contributed by atoms with Gasteiger partial charge in [-0.25, -0.2) is 0 Å². The zero-order chi connectivity index (χ0) is 12.1. The molecule has 1 aromatic rings. The fraction of sp³-hybridized carbons (Fsp3) is 0.500. The van der Waals surface area contributed by atoms with E-state index in [1.165, 1.54) is 0 Å². The van der Waals surface area contributed by atoms with Crippen LogP contribution in [0.5, 0.6) is 0 Å². The van der Waals surface area contributed by atoms with E-state index in [0.717, 1.165) is 5.56 Å². The average molecular weight is 262 g/mol. The van der Waals surface area contributed by atoms with Gasteiger partial charge in [0.15, 0.2) is 0 Å². The summed E-state index contributed by atoms with van der Waals surface area (Å²) in [4.78, 5) is 0. The lowest BCUT2D eigenvalue weighted by atomic mass is 10.0. The van der Waals surface area contributed by atoms with E-state index in [1.807, 2.05) is 33.0 Å². The van der Waals surface area contributed by atoms with Crippen molar-refractivity contribution in [3.8, 4) is 0 Å². The largest absolute Gasteiger partial charge is 0.377 e. The molecule has 4 heteroatoms. The lowest BCUT2D eigenvalue weighted by molar-refractivity contribution is 0.0493. The smallest absolute Gasteiger partial charge is 0.0741 e. The Kier molecular flexibility index (Phi) is 5.56. The van der Waals surface area contributed by atoms with Gasteiger partial charge in [-0.05, 0) is 32.5 Å². The molecule has 90 valence electrons. The van der Waals surface area contributed by atoms with Crippen LogP contribution in [0.1, 0.15) is 25.5 Å². The molecular weight excluding hydrogens is 245 g/mol. The summed E-state index contributed by atoms with van der Waals surface area (Å²) in [6, 6.07) is 5.69. The number of halogens is 2. The third kappa shape index (κ3) is 3.11. The first-order valence-corrected chi connectivity index (χ1v) is 6.10. The molecule has 0 saturated carbocycles. The molecule has 0 spiro atoms. The monoisotopic (exact) mass is 261 g/mol. The Morgan fingerprint density at radius 3 is 2.62 bits per heavy atom. The molecule has 0 heterocycles. The molecule has 2 unspecified atom stereocenters. The van der Waals surface area contributed by atoms with Gasteiger partial charge in [0.05, 0.1) is 22.2 Å². The fourth-order valence-electron chi connectivity index (χ4n) is 1.76. The van der Waals surface area contributed by atoms with Crippen LogP contribution in [0, 0.1) is 0 Å². The molecule has 0 fully saturated rings. The van der Waals surface area contributed by atoms with Gasteiger partial charge in [-0.3, -0.25) is 0 Å². The van der Waals surface area contributed by atoms with Crippen LogP contribution in [0.3, 0.4) is 0 Å². The molecule has 0 saturated heterocycles.